The van der Waals surface area contributed by atoms with Crippen LogP contribution in [0.1, 0.15) is 37.7 Å². The van der Waals surface area contributed by atoms with Gasteiger partial charge in [-0.3, -0.25) is 4.68 Å². The molecule has 0 bridgehead atoms. The van der Waals surface area contributed by atoms with Gasteiger partial charge >= 0.3 is 0 Å². The van der Waals surface area contributed by atoms with Crippen LogP contribution in [0.5, 0.6) is 0 Å². The van der Waals surface area contributed by atoms with Crippen molar-refractivity contribution in [2.45, 2.75) is 44.7 Å². The van der Waals surface area contributed by atoms with Gasteiger partial charge in [-0.1, -0.05) is 48.5 Å². The van der Waals surface area contributed by atoms with Crippen molar-refractivity contribution in [1.29, 1.82) is 0 Å². The molecule has 2 N–H and O–H groups in total. The van der Waals surface area contributed by atoms with Gasteiger partial charge in [0.05, 0.1) is 28.5 Å². The smallest absolute Gasteiger partial charge is 0.171 e. The lowest BCUT2D eigenvalue weighted by molar-refractivity contribution is 0.415. The fourth-order valence-electron chi connectivity index (χ4n) is 2.94. The molecule has 0 saturated heterocycles. The molecule has 7 heteroatoms. The third-order valence-corrected chi connectivity index (χ3v) is 5.12. The highest BCUT2D eigenvalue weighted by Crippen LogP contribution is 2.23. The van der Waals surface area contributed by atoms with Crippen LogP contribution in [-0.4, -0.2) is 20.9 Å². The van der Waals surface area contributed by atoms with E-state index in [1.807, 2.05) is 23.0 Å². The van der Waals surface area contributed by atoms with Gasteiger partial charge in [-0.15, -0.1) is 0 Å². The summed E-state index contributed by atoms with van der Waals surface area (Å²) in [7, 11) is 0. The quantitative estimate of drug-likeness (QED) is 0.740. The van der Waals surface area contributed by atoms with Crippen LogP contribution in [-0.2, 0) is 6.54 Å². The molecule has 0 atom stereocenters. The molecule has 0 unspecified atom stereocenters. The third-order valence-electron chi connectivity index (χ3n) is 4.16. The summed E-state index contributed by atoms with van der Waals surface area (Å²) in [5, 5.41) is 12.7. The van der Waals surface area contributed by atoms with Crippen LogP contribution >= 0.6 is 35.4 Å². The average molecular weight is 383 g/mol. The molecule has 1 fully saturated rings. The maximum Gasteiger partial charge on any atom is 0.171 e. The van der Waals surface area contributed by atoms with Gasteiger partial charge in [0.2, 0.25) is 0 Å². The lowest BCUT2D eigenvalue weighted by atomic mass is 9.96. The molecule has 0 amide bonds. The predicted molar refractivity (Wildman–Crippen MR) is 104 cm³/mol. The van der Waals surface area contributed by atoms with E-state index >= 15 is 0 Å². The molecule has 0 spiro atoms. The third kappa shape index (κ3) is 4.85. The van der Waals surface area contributed by atoms with Crippen molar-refractivity contribution in [2.75, 3.05) is 5.32 Å². The number of anilines is 1. The Morgan fingerprint density at radius 2 is 2.00 bits per heavy atom. The highest BCUT2D eigenvalue weighted by Gasteiger charge is 2.14. The zero-order chi connectivity index (χ0) is 16.9. The van der Waals surface area contributed by atoms with Gasteiger partial charge in [-0.05, 0) is 42.8 Å². The standard InChI is InChI=1S/C17H20Cl2N4S/c18-15-7-6-12(8-16(15)19)10-23-11-14(9-20-23)22-17(24)21-13-4-2-1-3-5-13/h6-9,11,13H,1-5,10H2,(H2,21,22,24). The molecule has 4 nitrogen and oxygen atoms in total. The second-order valence-electron chi connectivity index (χ2n) is 6.11. The second-order valence-corrected chi connectivity index (χ2v) is 7.33. The van der Waals surface area contributed by atoms with Crippen LogP contribution in [0.2, 0.25) is 10.0 Å². The summed E-state index contributed by atoms with van der Waals surface area (Å²) in [6.45, 7) is 0.626. The Hall–Kier alpha value is -1.30. The Kier molecular flexibility index (Phi) is 5.98. The van der Waals surface area contributed by atoms with Crippen molar-refractivity contribution in [3.05, 3.63) is 46.2 Å². The first-order valence-corrected chi connectivity index (χ1v) is 9.30. The Morgan fingerprint density at radius 1 is 1.21 bits per heavy atom. The SMILES string of the molecule is S=C(Nc1cnn(Cc2ccc(Cl)c(Cl)c2)c1)NC1CCCCC1. The summed E-state index contributed by atoms with van der Waals surface area (Å²) < 4.78 is 1.84. The monoisotopic (exact) mass is 382 g/mol. The number of nitrogens with zero attached hydrogens (tertiary/aromatic N) is 2. The van der Waals surface area contributed by atoms with E-state index in [4.69, 9.17) is 35.4 Å². The lowest BCUT2D eigenvalue weighted by Crippen LogP contribution is -2.38. The summed E-state index contributed by atoms with van der Waals surface area (Å²) in [6, 6.07) is 6.09. The number of halogens is 2. The number of rotatable bonds is 4. The highest BCUT2D eigenvalue weighted by atomic mass is 35.5. The number of aromatic nitrogens is 2. The fraction of sp³-hybridized carbons (Fsp3) is 0.412. The van der Waals surface area contributed by atoms with E-state index in [9.17, 15) is 0 Å². The number of benzene rings is 1. The Labute approximate surface area is 157 Å². The maximum absolute atomic E-state index is 6.05. The molecule has 3 rings (SSSR count). The second kappa shape index (κ2) is 8.19. The van der Waals surface area contributed by atoms with Crippen molar-refractivity contribution < 1.29 is 0 Å². The maximum atomic E-state index is 6.05. The van der Waals surface area contributed by atoms with Gasteiger partial charge in [-0.25, -0.2) is 0 Å². The van der Waals surface area contributed by atoms with Crippen molar-refractivity contribution >= 4 is 46.2 Å². The van der Waals surface area contributed by atoms with Crippen molar-refractivity contribution in [1.82, 2.24) is 15.1 Å². The Bertz CT molecular complexity index is 710. The molecule has 2 aromatic rings. The van der Waals surface area contributed by atoms with Crippen LogP contribution in [0.3, 0.4) is 0 Å². The number of hydrogen-bond donors (Lipinski definition) is 2. The molecule has 1 aromatic heterocycles. The van der Waals surface area contributed by atoms with Crippen LogP contribution in [0.4, 0.5) is 5.69 Å². The molecule has 24 heavy (non-hydrogen) atoms. The summed E-state index contributed by atoms with van der Waals surface area (Å²) >= 11 is 17.4. The molecule has 1 aliphatic rings. The van der Waals surface area contributed by atoms with Crippen molar-refractivity contribution in [3.8, 4) is 0 Å². The average Bonchev–Trinajstić information content (AvgIpc) is 2.98. The normalized spacial score (nSPS) is 15.2. The minimum atomic E-state index is 0.491. The summed E-state index contributed by atoms with van der Waals surface area (Å²) in [4.78, 5) is 0. The molecule has 1 aliphatic carbocycles. The Balaban J connectivity index is 1.54. The van der Waals surface area contributed by atoms with E-state index in [-0.39, 0.29) is 0 Å². The molecule has 1 saturated carbocycles. The van der Waals surface area contributed by atoms with Gasteiger partial charge in [0, 0.05) is 12.2 Å². The van der Waals surface area contributed by atoms with Gasteiger partial charge in [0.25, 0.3) is 0 Å². The summed E-state index contributed by atoms with van der Waals surface area (Å²) in [6.07, 6.45) is 9.98. The van der Waals surface area contributed by atoms with E-state index in [2.05, 4.69) is 15.7 Å². The van der Waals surface area contributed by atoms with Crippen LogP contribution in [0.25, 0.3) is 0 Å². The number of hydrogen-bond acceptors (Lipinski definition) is 2. The molecule has 1 heterocycles. The number of thiocarbonyl (C=S) groups is 1. The topological polar surface area (TPSA) is 41.9 Å². The molecule has 1 aromatic carbocycles. The van der Waals surface area contributed by atoms with E-state index in [0.717, 1.165) is 11.3 Å². The Morgan fingerprint density at radius 3 is 2.75 bits per heavy atom. The van der Waals surface area contributed by atoms with Crippen molar-refractivity contribution in [3.63, 3.8) is 0 Å². The molecular weight excluding hydrogens is 363 g/mol. The molecule has 128 valence electrons. The fourth-order valence-corrected chi connectivity index (χ4v) is 3.54. The minimum Gasteiger partial charge on any atom is -0.360 e. The molecule has 0 radical (unpaired) electrons. The first-order valence-electron chi connectivity index (χ1n) is 8.14. The van der Waals surface area contributed by atoms with Gasteiger partial charge < -0.3 is 10.6 Å². The van der Waals surface area contributed by atoms with E-state index in [1.54, 1.807) is 12.3 Å². The first kappa shape index (κ1) is 17.5. The van der Waals surface area contributed by atoms with E-state index in [1.165, 1.54) is 32.1 Å². The predicted octanol–water partition coefficient (Wildman–Crippen LogP) is 4.86. The first-order chi connectivity index (χ1) is 11.6. The minimum absolute atomic E-state index is 0.491. The summed E-state index contributed by atoms with van der Waals surface area (Å²) in [5.41, 5.74) is 1.92. The zero-order valence-electron chi connectivity index (χ0n) is 13.3. The molecule has 0 aliphatic heterocycles. The van der Waals surface area contributed by atoms with Crippen molar-refractivity contribution in [2.24, 2.45) is 0 Å². The highest BCUT2D eigenvalue weighted by molar-refractivity contribution is 7.80. The molecular formula is C17H20Cl2N4S. The van der Waals surface area contributed by atoms with Crippen LogP contribution < -0.4 is 10.6 Å². The van der Waals surface area contributed by atoms with E-state index < -0.39 is 0 Å². The largest absolute Gasteiger partial charge is 0.360 e. The van der Waals surface area contributed by atoms with Crippen LogP contribution in [0.15, 0.2) is 30.6 Å². The van der Waals surface area contributed by atoms with E-state index in [0.29, 0.717) is 27.7 Å². The number of nitrogens with one attached hydrogen (secondary N) is 2. The van der Waals surface area contributed by atoms with Crippen LogP contribution in [0, 0.1) is 0 Å². The zero-order valence-corrected chi connectivity index (χ0v) is 15.6. The summed E-state index contributed by atoms with van der Waals surface area (Å²) in [5.74, 6) is 0. The van der Waals surface area contributed by atoms with Gasteiger partial charge in [0.1, 0.15) is 0 Å². The van der Waals surface area contributed by atoms with Gasteiger partial charge in [0.15, 0.2) is 5.11 Å². The lowest BCUT2D eigenvalue weighted by Gasteiger charge is -2.24. The van der Waals surface area contributed by atoms with Gasteiger partial charge in [-0.2, -0.15) is 5.10 Å².